The van der Waals surface area contributed by atoms with Crippen LogP contribution < -0.4 is 4.74 Å². The Kier molecular flexibility index (Phi) is 10.5. The highest BCUT2D eigenvalue weighted by atomic mass is 16.5. The number of amides is 1. The standard InChI is InChI=1S/C32H48N4O5/c1-6-7-15-34(16-8-9-17-36(3,4)5)30(37)22-35-21-26(24-10-12-28-25(19-24)14-18-40-28)31(32(38)39)27(35)11-13-29-33-20-23(2)41-29/h10,12,19-20,26-27,31H,6-9,11,13-18,21-22H2,1-5H3/p+1/t26-,27+,31-/m1/s1. The molecule has 4 rings (SSSR count). The van der Waals surface area contributed by atoms with Gasteiger partial charge >= 0.3 is 5.97 Å². The molecule has 0 aliphatic carbocycles. The van der Waals surface area contributed by atoms with Gasteiger partial charge in [-0.25, -0.2) is 4.98 Å². The van der Waals surface area contributed by atoms with E-state index in [-0.39, 0.29) is 24.4 Å². The van der Waals surface area contributed by atoms with E-state index in [1.807, 2.05) is 24.0 Å². The average molecular weight is 570 g/mol. The van der Waals surface area contributed by atoms with E-state index >= 15 is 0 Å². The molecule has 1 N–H and O–H groups in total. The number of likely N-dealkylation sites (tertiary alicyclic amines) is 1. The first kappa shape index (κ1) is 31.0. The number of fused-ring (bicyclic) bond motifs is 1. The van der Waals surface area contributed by atoms with Crippen LogP contribution in [0, 0.1) is 12.8 Å². The molecule has 1 aromatic heterocycles. The van der Waals surface area contributed by atoms with Crippen molar-refractivity contribution in [3.8, 4) is 5.75 Å². The molecule has 2 aromatic rings. The first-order valence-electron chi connectivity index (χ1n) is 15.3. The number of carbonyl (C=O) groups excluding carboxylic acids is 1. The Labute approximate surface area is 245 Å². The highest BCUT2D eigenvalue weighted by molar-refractivity contribution is 5.79. The number of carboxylic acids is 1. The number of hydrogen-bond acceptors (Lipinski definition) is 6. The lowest BCUT2D eigenvalue weighted by Crippen LogP contribution is -2.45. The van der Waals surface area contributed by atoms with E-state index in [9.17, 15) is 14.7 Å². The Hall–Kier alpha value is -2.91. The molecule has 0 spiro atoms. The molecule has 0 bridgehead atoms. The average Bonchev–Trinajstić information content (AvgIpc) is 3.64. The number of carbonyl (C=O) groups is 2. The lowest BCUT2D eigenvalue weighted by Gasteiger charge is -2.30. The van der Waals surface area contributed by atoms with Crippen LogP contribution in [0.25, 0.3) is 0 Å². The fraction of sp³-hybridized carbons (Fsp3) is 0.656. The van der Waals surface area contributed by atoms with Crippen LogP contribution in [-0.4, -0.2) is 103 Å². The number of unbranched alkanes of at least 4 members (excludes halogenated alkanes) is 2. The normalized spacial score (nSPS) is 20.7. The molecule has 0 saturated carbocycles. The number of ether oxygens (including phenoxy) is 1. The van der Waals surface area contributed by atoms with E-state index in [0.29, 0.717) is 31.9 Å². The van der Waals surface area contributed by atoms with Crippen molar-refractivity contribution in [3.05, 3.63) is 47.2 Å². The summed E-state index contributed by atoms with van der Waals surface area (Å²) in [7, 11) is 6.57. The van der Waals surface area contributed by atoms with Gasteiger partial charge in [-0.15, -0.1) is 0 Å². The Morgan fingerprint density at radius 1 is 1.17 bits per heavy atom. The molecule has 0 radical (unpaired) electrons. The van der Waals surface area contributed by atoms with E-state index in [2.05, 4.69) is 44.0 Å². The highest BCUT2D eigenvalue weighted by Crippen LogP contribution is 2.41. The third-order valence-corrected chi connectivity index (χ3v) is 8.48. The summed E-state index contributed by atoms with van der Waals surface area (Å²) in [5, 5.41) is 10.5. The molecule has 3 atom stereocenters. The molecule has 41 heavy (non-hydrogen) atoms. The fourth-order valence-corrected chi connectivity index (χ4v) is 6.29. The van der Waals surface area contributed by atoms with Gasteiger partial charge in [-0.3, -0.25) is 14.5 Å². The third kappa shape index (κ3) is 8.32. The van der Waals surface area contributed by atoms with Crippen LogP contribution in [0.3, 0.4) is 0 Å². The molecular formula is C32H49N4O5+. The maximum Gasteiger partial charge on any atom is 0.308 e. The van der Waals surface area contributed by atoms with Crippen LogP contribution in [0.4, 0.5) is 0 Å². The zero-order chi connectivity index (χ0) is 29.6. The summed E-state index contributed by atoms with van der Waals surface area (Å²) in [5.74, 6) is 0.662. The summed E-state index contributed by atoms with van der Waals surface area (Å²) < 4.78 is 12.3. The second kappa shape index (κ2) is 13.8. The number of carboxylic acid groups (broad SMARTS) is 1. The molecule has 9 heteroatoms. The summed E-state index contributed by atoms with van der Waals surface area (Å²) >= 11 is 0. The molecule has 3 heterocycles. The summed E-state index contributed by atoms with van der Waals surface area (Å²) in [6, 6.07) is 5.79. The number of oxazole rings is 1. The fourth-order valence-electron chi connectivity index (χ4n) is 6.29. The minimum absolute atomic E-state index is 0.0906. The highest BCUT2D eigenvalue weighted by Gasteiger charge is 2.47. The lowest BCUT2D eigenvalue weighted by atomic mass is 9.83. The maximum atomic E-state index is 13.8. The second-order valence-corrected chi connectivity index (χ2v) is 12.8. The number of aromatic nitrogens is 1. The van der Waals surface area contributed by atoms with Crippen molar-refractivity contribution in [2.45, 2.75) is 70.8 Å². The van der Waals surface area contributed by atoms with Crippen molar-refractivity contribution in [2.24, 2.45) is 5.92 Å². The third-order valence-electron chi connectivity index (χ3n) is 8.48. The molecule has 1 aromatic carbocycles. The van der Waals surface area contributed by atoms with Gasteiger partial charge < -0.3 is 23.6 Å². The van der Waals surface area contributed by atoms with Crippen LogP contribution in [0.2, 0.25) is 0 Å². The van der Waals surface area contributed by atoms with Gasteiger partial charge in [0.2, 0.25) is 5.91 Å². The van der Waals surface area contributed by atoms with Gasteiger partial charge in [0.25, 0.3) is 0 Å². The number of quaternary nitrogens is 1. The van der Waals surface area contributed by atoms with Gasteiger partial charge in [-0.2, -0.15) is 0 Å². The van der Waals surface area contributed by atoms with Gasteiger partial charge in [0.1, 0.15) is 11.5 Å². The van der Waals surface area contributed by atoms with Crippen LogP contribution in [0.5, 0.6) is 5.75 Å². The lowest BCUT2D eigenvalue weighted by molar-refractivity contribution is -0.870. The number of benzene rings is 1. The second-order valence-electron chi connectivity index (χ2n) is 12.8. The summed E-state index contributed by atoms with van der Waals surface area (Å²) in [5.41, 5.74) is 2.14. The van der Waals surface area contributed by atoms with Gasteiger partial charge in [-0.05, 0) is 49.8 Å². The molecule has 9 nitrogen and oxygen atoms in total. The minimum Gasteiger partial charge on any atom is -0.493 e. The summed E-state index contributed by atoms with van der Waals surface area (Å²) in [6.07, 6.45) is 7.64. The number of nitrogens with zero attached hydrogens (tertiary/aromatic N) is 4. The quantitative estimate of drug-likeness (QED) is 0.254. The van der Waals surface area contributed by atoms with Gasteiger partial charge in [0.15, 0.2) is 5.89 Å². The van der Waals surface area contributed by atoms with Crippen molar-refractivity contribution in [1.82, 2.24) is 14.8 Å². The number of rotatable bonds is 15. The van der Waals surface area contributed by atoms with Crippen molar-refractivity contribution < 1.29 is 28.3 Å². The molecule has 1 amide bonds. The topological polar surface area (TPSA) is 96.1 Å². The largest absolute Gasteiger partial charge is 0.493 e. The Bertz CT molecular complexity index is 1170. The Morgan fingerprint density at radius 2 is 1.95 bits per heavy atom. The Morgan fingerprint density at radius 3 is 2.63 bits per heavy atom. The molecule has 1 fully saturated rings. The van der Waals surface area contributed by atoms with Gasteiger partial charge in [0.05, 0.1) is 53.0 Å². The summed E-state index contributed by atoms with van der Waals surface area (Å²) in [4.78, 5) is 35.1. The van der Waals surface area contributed by atoms with E-state index < -0.39 is 11.9 Å². The molecule has 1 saturated heterocycles. The van der Waals surface area contributed by atoms with Crippen molar-refractivity contribution in [1.29, 1.82) is 0 Å². The number of aliphatic carboxylic acids is 1. The van der Waals surface area contributed by atoms with Crippen molar-refractivity contribution >= 4 is 11.9 Å². The first-order chi connectivity index (χ1) is 19.6. The summed E-state index contributed by atoms with van der Waals surface area (Å²) in [6.45, 7) is 7.96. The van der Waals surface area contributed by atoms with Gasteiger partial charge in [-0.1, -0.05) is 25.5 Å². The molecule has 2 aliphatic rings. The first-order valence-corrected chi connectivity index (χ1v) is 15.3. The maximum absolute atomic E-state index is 13.8. The predicted molar refractivity (Wildman–Crippen MR) is 158 cm³/mol. The van der Waals surface area contributed by atoms with E-state index in [1.54, 1.807) is 6.20 Å². The van der Waals surface area contributed by atoms with Crippen LogP contribution >= 0.6 is 0 Å². The Balaban J connectivity index is 1.53. The number of aryl methyl sites for hydroxylation is 2. The van der Waals surface area contributed by atoms with Crippen LogP contribution in [0.1, 0.15) is 67.7 Å². The molecule has 0 unspecified atom stereocenters. The minimum atomic E-state index is -0.821. The van der Waals surface area contributed by atoms with Gasteiger partial charge in [0, 0.05) is 44.4 Å². The van der Waals surface area contributed by atoms with Crippen molar-refractivity contribution in [2.75, 3.05) is 60.5 Å². The SMILES string of the molecule is CCCCN(CCCC[N+](C)(C)C)C(=O)CN1C[C@H](c2ccc3c(c2)CCO3)[C@@H](C(=O)O)[C@@H]1CCc1ncc(C)o1. The van der Waals surface area contributed by atoms with Crippen LogP contribution in [0.15, 0.2) is 28.8 Å². The smallest absolute Gasteiger partial charge is 0.308 e. The predicted octanol–water partition coefficient (Wildman–Crippen LogP) is 4.13. The zero-order valence-corrected chi connectivity index (χ0v) is 25.6. The number of hydrogen-bond donors (Lipinski definition) is 1. The van der Waals surface area contributed by atoms with E-state index in [4.69, 9.17) is 9.15 Å². The van der Waals surface area contributed by atoms with E-state index in [1.165, 1.54) is 0 Å². The molecule has 226 valence electrons. The monoisotopic (exact) mass is 569 g/mol. The molecular weight excluding hydrogens is 520 g/mol. The zero-order valence-electron chi connectivity index (χ0n) is 25.6. The van der Waals surface area contributed by atoms with Crippen LogP contribution in [-0.2, 0) is 22.4 Å². The van der Waals surface area contributed by atoms with E-state index in [0.717, 1.165) is 78.9 Å². The van der Waals surface area contributed by atoms with Crippen molar-refractivity contribution in [3.63, 3.8) is 0 Å². The molecule has 2 aliphatic heterocycles.